The number of benzene rings is 1. The maximum absolute atomic E-state index is 12.3. The van der Waals surface area contributed by atoms with Crippen molar-refractivity contribution in [1.29, 1.82) is 5.26 Å². The minimum atomic E-state index is -3.61. The molecular weight excluding hydrogens is 292 g/mol. The van der Waals surface area contributed by atoms with Crippen molar-refractivity contribution in [1.82, 2.24) is 4.31 Å². The average Bonchev–Trinajstić information content (AvgIpc) is 2.46. The fourth-order valence-corrected chi connectivity index (χ4v) is 3.15. The van der Waals surface area contributed by atoms with Crippen molar-refractivity contribution in [3.05, 3.63) is 35.4 Å². The second-order valence-electron chi connectivity index (χ2n) is 4.73. The number of esters is 1. The zero-order chi connectivity index (χ0) is 16.0. The van der Waals surface area contributed by atoms with Crippen molar-refractivity contribution in [2.75, 3.05) is 20.7 Å². The van der Waals surface area contributed by atoms with Gasteiger partial charge in [-0.15, -0.1) is 0 Å². The molecule has 0 aliphatic carbocycles. The van der Waals surface area contributed by atoms with E-state index in [-0.39, 0.29) is 12.3 Å². The first-order valence-electron chi connectivity index (χ1n) is 6.31. The fourth-order valence-electron chi connectivity index (χ4n) is 1.84. The predicted octanol–water partition coefficient (Wildman–Crippen LogP) is 1.13. The summed E-state index contributed by atoms with van der Waals surface area (Å²) in [4.78, 5) is 11.3. The van der Waals surface area contributed by atoms with Crippen LogP contribution in [-0.4, -0.2) is 39.4 Å². The van der Waals surface area contributed by atoms with E-state index in [1.807, 2.05) is 6.07 Å². The summed E-state index contributed by atoms with van der Waals surface area (Å²) in [7, 11) is -0.941. The number of rotatable bonds is 6. The number of carbonyl (C=O) groups excluding carboxylic acids is 1. The Kier molecular flexibility index (Phi) is 5.88. The Morgan fingerprint density at radius 1 is 1.43 bits per heavy atom. The van der Waals surface area contributed by atoms with Gasteiger partial charge in [0, 0.05) is 13.6 Å². The molecule has 114 valence electrons. The largest absolute Gasteiger partial charge is 0.469 e. The Morgan fingerprint density at radius 2 is 2.05 bits per heavy atom. The zero-order valence-electron chi connectivity index (χ0n) is 12.2. The van der Waals surface area contributed by atoms with Crippen molar-refractivity contribution in [3.63, 3.8) is 0 Å². The molecule has 0 saturated heterocycles. The van der Waals surface area contributed by atoms with Gasteiger partial charge in [-0.1, -0.05) is 25.1 Å². The lowest BCUT2D eigenvalue weighted by molar-refractivity contribution is -0.144. The van der Waals surface area contributed by atoms with Crippen LogP contribution < -0.4 is 0 Å². The second kappa shape index (κ2) is 7.20. The molecule has 0 bridgehead atoms. The summed E-state index contributed by atoms with van der Waals surface area (Å²) in [6.07, 6.45) is 0. The summed E-state index contributed by atoms with van der Waals surface area (Å²) in [6.45, 7) is 1.63. The van der Waals surface area contributed by atoms with E-state index in [1.54, 1.807) is 31.2 Å². The maximum Gasteiger partial charge on any atom is 0.309 e. The van der Waals surface area contributed by atoms with Crippen LogP contribution in [0.3, 0.4) is 0 Å². The molecule has 1 aromatic rings. The van der Waals surface area contributed by atoms with Crippen LogP contribution in [0.5, 0.6) is 0 Å². The third-order valence-corrected chi connectivity index (χ3v) is 4.86. The molecule has 6 nitrogen and oxygen atoms in total. The van der Waals surface area contributed by atoms with Gasteiger partial charge in [0.25, 0.3) is 0 Å². The van der Waals surface area contributed by atoms with E-state index in [0.717, 1.165) is 4.31 Å². The van der Waals surface area contributed by atoms with E-state index in [9.17, 15) is 13.2 Å². The monoisotopic (exact) mass is 310 g/mol. The lowest BCUT2D eigenvalue weighted by Crippen LogP contribution is -2.35. The van der Waals surface area contributed by atoms with Crippen molar-refractivity contribution in [3.8, 4) is 6.07 Å². The van der Waals surface area contributed by atoms with Crippen molar-refractivity contribution in [2.45, 2.75) is 12.7 Å². The van der Waals surface area contributed by atoms with Crippen LogP contribution in [0.1, 0.15) is 18.1 Å². The number of nitriles is 1. The first kappa shape index (κ1) is 17.1. The molecule has 1 unspecified atom stereocenters. The topological polar surface area (TPSA) is 87.5 Å². The van der Waals surface area contributed by atoms with Crippen LogP contribution in [0.4, 0.5) is 0 Å². The quantitative estimate of drug-likeness (QED) is 0.735. The summed E-state index contributed by atoms with van der Waals surface area (Å²) < 4.78 is 30.2. The van der Waals surface area contributed by atoms with Gasteiger partial charge < -0.3 is 4.74 Å². The van der Waals surface area contributed by atoms with Crippen molar-refractivity contribution in [2.24, 2.45) is 5.92 Å². The first-order valence-corrected chi connectivity index (χ1v) is 7.92. The first-order chi connectivity index (χ1) is 9.81. The van der Waals surface area contributed by atoms with E-state index in [2.05, 4.69) is 4.74 Å². The van der Waals surface area contributed by atoms with Gasteiger partial charge in [-0.3, -0.25) is 4.79 Å². The van der Waals surface area contributed by atoms with Crippen LogP contribution in [0.25, 0.3) is 0 Å². The number of hydrogen-bond donors (Lipinski definition) is 0. The normalized spacial score (nSPS) is 12.7. The third-order valence-electron chi connectivity index (χ3n) is 3.09. The standard InChI is InChI=1S/C14H18N2O4S/c1-11(14(17)20-3)9-16(2)21(18,19)10-13-7-5-4-6-12(13)8-15/h4-7,11H,9-10H2,1-3H3. The second-order valence-corrected chi connectivity index (χ2v) is 6.81. The molecular formula is C14H18N2O4S. The molecule has 0 radical (unpaired) electrons. The maximum atomic E-state index is 12.3. The van der Waals surface area contributed by atoms with Crippen LogP contribution in [0.2, 0.25) is 0 Å². The lowest BCUT2D eigenvalue weighted by Gasteiger charge is -2.20. The summed E-state index contributed by atoms with van der Waals surface area (Å²) in [5.74, 6) is -1.29. The van der Waals surface area contributed by atoms with Crippen molar-refractivity contribution < 1.29 is 17.9 Å². The number of carbonyl (C=O) groups is 1. The highest BCUT2D eigenvalue weighted by molar-refractivity contribution is 7.88. The smallest absolute Gasteiger partial charge is 0.309 e. The van der Waals surface area contributed by atoms with Crippen molar-refractivity contribution >= 4 is 16.0 Å². The number of methoxy groups -OCH3 is 1. The molecule has 0 spiro atoms. The van der Waals surface area contributed by atoms with E-state index in [4.69, 9.17) is 5.26 Å². The van der Waals surface area contributed by atoms with Crippen LogP contribution in [-0.2, 0) is 25.3 Å². The Bertz CT molecular complexity index is 649. The number of sulfonamides is 1. The minimum Gasteiger partial charge on any atom is -0.469 e. The molecule has 0 N–H and O–H groups in total. The van der Waals surface area contributed by atoms with Gasteiger partial charge in [0.05, 0.1) is 30.4 Å². The summed E-state index contributed by atoms with van der Waals surface area (Å²) in [5.41, 5.74) is 0.771. The average molecular weight is 310 g/mol. The van der Waals surface area contributed by atoms with Gasteiger partial charge in [-0.05, 0) is 11.6 Å². The number of hydrogen-bond acceptors (Lipinski definition) is 5. The number of ether oxygens (including phenoxy) is 1. The van der Waals surface area contributed by atoms with Gasteiger partial charge in [0.15, 0.2) is 0 Å². The van der Waals surface area contributed by atoms with E-state index in [0.29, 0.717) is 11.1 Å². The molecule has 0 aromatic heterocycles. The minimum absolute atomic E-state index is 0.0315. The Labute approximate surface area is 125 Å². The predicted molar refractivity (Wildman–Crippen MR) is 77.6 cm³/mol. The zero-order valence-corrected chi connectivity index (χ0v) is 13.1. The molecule has 0 aliphatic rings. The molecule has 0 aliphatic heterocycles. The molecule has 0 fully saturated rings. The van der Waals surface area contributed by atoms with Gasteiger partial charge in [0.2, 0.25) is 10.0 Å². The molecule has 0 amide bonds. The van der Waals surface area contributed by atoms with Crippen LogP contribution in [0.15, 0.2) is 24.3 Å². The highest BCUT2D eigenvalue weighted by Crippen LogP contribution is 2.15. The Hall–Kier alpha value is -1.91. The highest BCUT2D eigenvalue weighted by atomic mass is 32.2. The molecule has 1 rings (SSSR count). The van der Waals surface area contributed by atoms with Crippen LogP contribution >= 0.6 is 0 Å². The summed E-state index contributed by atoms with van der Waals surface area (Å²) in [6, 6.07) is 8.51. The molecule has 1 aromatic carbocycles. The molecule has 7 heteroatoms. The van der Waals surface area contributed by atoms with E-state index < -0.39 is 21.9 Å². The molecule has 21 heavy (non-hydrogen) atoms. The lowest BCUT2D eigenvalue weighted by atomic mass is 10.1. The number of nitrogens with zero attached hydrogens (tertiary/aromatic N) is 2. The highest BCUT2D eigenvalue weighted by Gasteiger charge is 2.24. The molecule has 0 heterocycles. The summed E-state index contributed by atoms with van der Waals surface area (Å²) >= 11 is 0. The molecule has 0 saturated carbocycles. The van der Waals surface area contributed by atoms with Gasteiger partial charge >= 0.3 is 5.97 Å². The van der Waals surface area contributed by atoms with Gasteiger partial charge in [-0.2, -0.15) is 5.26 Å². The Morgan fingerprint density at radius 3 is 2.62 bits per heavy atom. The Balaban J connectivity index is 2.86. The fraction of sp³-hybridized carbons (Fsp3) is 0.429. The van der Waals surface area contributed by atoms with Crippen LogP contribution in [0, 0.1) is 17.2 Å². The summed E-state index contributed by atoms with van der Waals surface area (Å²) in [5, 5.41) is 8.98. The van der Waals surface area contributed by atoms with Gasteiger partial charge in [-0.25, -0.2) is 12.7 Å². The van der Waals surface area contributed by atoms with Gasteiger partial charge in [0.1, 0.15) is 0 Å². The third kappa shape index (κ3) is 4.55. The SMILES string of the molecule is COC(=O)C(C)CN(C)S(=O)(=O)Cc1ccccc1C#N. The van der Waals surface area contributed by atoms with E-state index >= 15 is 0 Å². The molecule has 1 atom stereocenters. The van der Waals surface area contributed by atoms with E-state index in [1.165, 1.54) is 14.2 Å².